The van der Waals surface area contributed by atoms with Crippen molar-refractivity contribution in [3.05, 3.63) is 24.4 Å². The lowest BCUT2D eigenvalue weighted by molar-refractivity contribution is -0.119. The van der Waals surface area contributed by atoms with Crippen LogP contribution in [-0.4, -0.2) is 24.8 Å². The molecule has 0 fully saturated rings. The Balaban J connectivity index is 2.43. The number of hydrogen-bond donors (Lipinski definition) is 4. The molecule has 8 heteroatoms. The number of anilines is 1. The molecule has 2 rings (SSSR count). The molecule has 7 nitrogen and oxygen atoms in total. The number of amides is 1. The third kappa shape index (κ3) is 3.34. The van der Waals surface area contributed by atoms with E-state index in [9.17, 15) is 13.2 Å². The number of sulfonamides is 1. The van der Waals surface area contributed by atoms with E-state index in [1.54, 1.807) is 32.0 Å². The molecule has 1 aromatic carbocycles. The third-order valence-corrected chi connectivity index (χ3v) is 4.72. The first-order chi connectivity index (χ1) is 9.61. The molecule has 0 aliphatic heterocycles. The van der Waals surface area contributed by atoms with Crippen molar-refractivity contribution in [2.45, 2.75) is 30.7 Å². The Kier molecular flexibility index (Phi) is 3.68. The number of nitrogen functional groups attached to an aromatic ring is 1. The molecule has 1 amide bonds. The molecule has 0 atom stereocenters. The number of primary amides is 1. The first-order valence-electron chi connectivity index (χ1n) is 6.30. The maximum Gasteiger partial charge on any atom is 0.243 e. The van der Waals surface area contributed by atoms with Crippen LogP contribution in [0.5, 0.6) is 0 Å². The minimum atomic E-state index is -3.81. The molecule has 0 spiro atoms. The molecule has 1 aromatic heterocycles. The van der Waals surface area contributed by atoms with Gasteiger partial charge < -0.3 is 16.5 Å². The van der Waals surface area contributed by atoms with Crippen molar-refractivity contribution in [1.29, 1.82) is 0 Å². The maximum atomic E-state index is 12.5. The number of H-pyrrole nitrogens is 1. The Labute approximate surface area is 122 Å². The zero-order valence-corrected chi connectivity index (χ0v) is 12.6. The van der Waals surface area contributed by atoms with Crippen molar-refractivity contribution in [3.63, 3.8) is 0 Å². The van der Waals surface area contributed by atoms with Crippen LogP contribution in [0.3, 0.4) is 0 Å². The number of nitrogens with one attached hydrogen (secondary N) is 2. The molecule has 0 radical (unpaired) electrons. The van der Waals surface area contributed by atoms with Gasteiger partial charge in [0.2, 0.25) is 15.9 Å². The predicted octanol–water partition coefficient (Wildman–Crippen LogP) is 0.682. The van der Waals surface area contributed by atoms with Crippen LogP contribution < -0.4 is 16.2 Å². The standard InChI is InChI=1S/C13H18N4O3S/c1-13(2,6-12(15)18)17-21(19,20)11-7-16-10-4-3-8(14)5-9(10)11/h3-5,7,16-17H,6,14H2,1-2H3,(H2,15,18). The number of hydrogen-bond acceptors (Lipinski definition) is 4. The van der Waals surface area contributed by atoms with Crippen molar-refractivity contribution in [2.75, 3.05) is 5.73 Å². The highest BCUT2D eigenvalue weighted by molar-refractivity contribution is 7.89. The lowest BCUT2D eigenvalue weighted by Gasteiger charge is -2.24. The van der Waals surface area contributed by atoms with E-state index >= 15 is 0 Å². The smallest absolute Gasteiger partial charge is 0.243 e. The average Bonchev–Trinajstić information content (AvgIpc) is 2.68. The first kappa shape index (κ1) is 15.3. The fourth-order valence-corrected chi connectivity index (χ4v) is 3.81. The molecule has 0 aliphatic carbocycles. The van der Waals surface area contributed by atoms with Crippen LogP contribution in [0.2, 0.25) is 0 Å². The molecule has 0 saturated carbocycles. The van der Waals surface area contributed by atoms with Gasteiger partial charge in [-0.15, -0.1) is 0 Å². The second kappa shape index (κ2) is 5.05. The number of aromatic nitrogens is 1. The van der Waals surface area contributed by atoms with E-state index in [1.807, 2.05) is 0 Å². The van der Waals surface area contributed by atoms with Gasteiger partial charge in [0, 0.05) is 34.7 Å². The van der Waals surface area contributed by atoms with Gasteiger partial charge in [-0.05, 0) is 32.0 Å². The molecule has 0 unspecified atom stereocenters. The fourth-order valence-electron chi connectivity index (χ4n) is 2.23. The lowest BCUT2D eigenvalue weighted by atomic mass is 10.0. The number of carbonyl (C=O) groups excluding carboxylic acids is 1. The Morgan fingerprint density at radius 3 is 2.67 bits per heavy atom. The van der Waals surface area contributed by atoms with Crippen LogP contribution >= 0.6 is 0 Å². The van der Waals surface area contributed by atoms with Crippen LogP contribution in [0.15, 0.2) is 29.3 Å². The van der Waals surface area contributed by atoms with E-state index in [-0.39, 0.29) is 11.3 Å². The number of nitrogens with two attached hydrogens (primary N) is 2. The fraction of sp³-hybridized carbons (Fsp3) is 0.308. The normalized spacial score (nSPS) is 12.7. The van der Waals surface area contributed by atoms with Gasteiger partial charge in [0.1, 0.15) is 4.90 Å². The van der Waals surface area contributed by atoms with Gasteiger partial charge >= 0.3 is 0 Å². The molecule has 0 bridgehead atoms. The van der Waals surface area contributed by atoms with Gasteiger partial charge in [0.15, 0.2) is 0 Å². The zero-order chi connectivity index (χ0) is 15.8. The highest BCUT2D eigenvalue weighted by atomic mass is 32.2. The summed E-state index contributed by atoms with van der Waals surface area (Å²) in [7, 11) is -3.81. The molecular weight excluding hydrogens is 292 g/mol. The van der Waals surface area contributed by atoms with Crippen LogP contribution in [0.25, 0.3) is 10.9 Å². The molecule has 6 N–H and O–H groups in total. The summed E-state index contributed by atoms with van der Waals surface area (Å²) in [5.41, 5.74) is 11.0. The molecular formula is C13H18N4O3S. The quantitative estimate of drug-likeness (QED) is 0.605. The summed E-state index contributed by atoms with van der Waals surface area (Å²) in [6.07, 6.45) is 1.30. The number of rotatable bonds is 5. The number of fused-ring (bicyclic) bond motifs is 1. The minimum Gasteiger partial charge on any atom is -0.399 e. The molecule has 2 aromatic rings. The van der Waals surface area contributed by atoms with Crippen molar-refractivity contribution in [2.24, 2.45) is 5.73 Å². The van der Waals surface area contributed by atoms with E-state index < -0.39 is 21.5 Å². The van der Waals surface area contributed by atoms with Gasteiger partial charge in [-0.2, -0.15) is 0 Å². The highest BCUT2D eigenvalue weighted by Crippen LogP contribution is 2.26. The predicted molar refractivity (Wildman–Crippen MR) is 80.9 cm³/mol. The molecule has 0 saturated heterocycles. The van der Waals surface area contributed by atoms with Crippen molar-refractivity contribution >= 4 is 32.5 Å². The SMILES string of the molecule is CC(C)(CC(N)=O)NS(=O)(=O)c1c[nH]c2ccc(N)cc12. The van der Waals surface area contributed by atoms with Crippen molar-refractivity contribution < 1.29 is 13.2 Å². The van der Waals surface area contributed by atoms with Crippen LogP contribution in [0.1, 0.15) is 20.3 Å². The monoisotopic (exact) mass is 310 g/mol. The average molecular weight is 310 g/mol. The second-order valence-electron chi connectivity index (χ2n) is 5.59. The molecule has 21 heavy (non-hydrogen) atoms. The Morgan fingerprint density at radius 1 is 1.38 bits per heavy atom. The van der Waals surface area contributed by atoms with E-state index in [1.165, 1.54) is 6.20 Å². The highest BCUT2D eigenvalue weighted by Gasteiger charge is 2.29. The summed E-state index contributed by atoms with van der Waals surface area (Å²) in [6, 6.07) is 4.97. The topological polar surface area (TPSA) is 131 Å². The van der Waals surface area contributed by atoms with Gasteiger partial charge in [-0.3, -0.25) is 4.79 Å². The largest absolute Gasteiger partial charge is 0.399 e. The summed E-state index contributed by atoms with van der Waals surface area (Å²) in [6.45, 7) is 3.19. The lowest BCUT2D eigenvalue weighted by Crippen LogP contribution is -2.45. The second-order valence-corrected chi connectivity index (χ2v) is 7.24. The molecule has 1 heterocycles. The first-order valence-corrected chi connectivity index (χ1v) is 7.78. The summed E-state index contributed by atoms with van der Waals surface area (Å²) >= 11 is 0. The van der Waals surface area contributed by atoms with Crippen molar-refractivity contribution in [3.8, 4) is 0 Å². The molecule has 0 aliphatic rings. The molecule has 114 valence electrons. The summed E-state index contributed by atoms with van der Waals surface area (Å²) < 4.78 is 27.5. The minimum absolute atomic E-state index is 0.0855. The summed E-state index contributed by atoms with van der Waals surface area (Å²) in [5.74, 6) is -0.578. The van der Waals surface area contributed by atoms with Gasteiger partial charge in [-0.25, -0.2) is 13.1 Å². The number of carbonyl (C=O) groups is 1. The Bertz CT molecular complexity index is 793. The van der Waals surface area contributed by atoms with E-state index in [0.717, 1.165) is 0 Å². The summed E-state index contributed by atoms with van der Waals surface area (Å²) in [4.78, 5) is 14.0. The van der Waals surface area contributed by atoms with Gasteiger partial charge in [0.05, 0.1) is 0 Å². The van der Waals surface area contributed by atoms with Crippen LogP contribution in [0.4, 0.5) is 5.69 Å². The van der Waals surface area contributed by atoms with E-state index in [4.69, 9.17) is 11.5 Å². The zero-order valence-electron chi connectivity index (χ0n) is 11.8. The Hall–Kier alpha value is -2.06. The van der Waals surface area contributed by atoms with Crippen LogP contribution in [-0.2, 0) is 14.8 Å². The van der Waals surface area contributed by atoms with E-state index in [2.05, 4.69) is 9.71 Å². The number of aromatic amines is 1. The Morgan fingerprint density at radius 2 is 2.05 bits per heavy atom. The van der Waals surface area contributed by atoms with Crippen LogP contribution in [0, 0.1) is 0 Å². The van der Waals surface area contributed by atoms with E-state index in [0.29, 0.717) is 16.6 Å². The third-order valence-electron chi connectivity index (χ3n) is 2.98. The summed E-state index contributed by atoms with van der Waals surface area (Å²) in [5, 5.41) is 0.498. The van der Waals surface area contributed by atoms with Gasteiger partial charge in [-0.1, -0.05) is 0 Å². The van der Waals surface area contributed by atoms with Crippen molar-refractivity contribution in [1.82, 2.24) is 9.71 Å². The maximum absolute atomic E-state index is 12.5. The number of benzene rings is 1. The van der Waals surface area contributed by atoms with Gasteiger partial charge in [0.25, 0.3) is 0 Å².